The van der Waals surface area contributed by atoms with E-state index in [1.165, 1.54) is 0 Å². The zero-order chi connectivity index (χ0) is 15.2. The molecule has 1 atom stereocenters. The third-order valence-electron chi connectivity index (χ3n) is 3.84. The lowest BCUT2D eigenvalue weighted by Gasteiger charge is -2.35. The van der Waals surface area contributed by atoms with Crippen LogP contribution in [0.2, 0.25) is 0 Å². The predicted molar refractivity (Wildman–Crippen MR) is 78.6 cm³/mol. The van der Waals surface area contributed by atoms with Gasteiger partial charge in [-0.1, -0.05) is 0 Å². The molecule has 0 aliphatic carbocycles. The Morgan fingerprint density at radius 2 is 1.90 bits per heavy atom. The summed E-state index contributed by atoms with van der Waals surface area (Å²) in [5.74, 6) is 0.0973. The van der Waals surface area contributed by atoms with E-state index in [1.54, 1.807) is 6.92 Å². The average molecular weight is 332 g/mol. The number of nitrogens with zero attached hydrogens (tertiary/aromatic N) is 1. The Labute approximate surface area is 130 Å². The van der Waals surface area contributed by atoms with E-state index < -0.39 is 24.7 Å². The van der Waals surface area contributed by atoms with E-state index in [0.717, 1.165) is 38.9 Å². The summed E-state index contributed by atoms with van der Waals surface area (Å²) in [6.45, 7) is 2.94. The van der Waals surface area contributed by atoms with Gasteiger partial charge in [-0.2, -0.15) is 13.2 Å². The van der Waals surface area contributed by atoms with Crippen LogP contribution in [0.3, 0.4) is 0 Å². The van der Waals surface area contributed by atoms with Gasteiger partial charge in [-0.05, 0) is 58.8 Å². The molecule has 0 aromatic carbocycles. The van der Waals surface area contributed by atoms with Crippen LogP contribution in [0.15, 0.2) is 0 Å². The second-order valence-electron chi connectivity index (χ2n) is 5.38. The Bertz CT molecular complexity index is 308. The molecule has 1 amide bonds. The van der Waals surface area contributed by atoms with E-state index in [2.05, 4.69) is 5.32 Å². The number of likely N-dealkylation sites (tertiary alicyclic amines) is 1. The number of hydrogen-bond donors (Lipinski definition) is 2. The van der Waals surface area contributed by atoms with Crippen molar-refractivity contribution in [3.05, 3.63) is 0 Å². The minimum Gasteiger partial charge on any atom is -0.346 e. The minimum absolute atomic E-state index is 0. The molecule has 1 aliphatic rings. The molecular formula is C13H25ClF3N3O. The van der Waals surface area contributed by atoms with Crippen molar-refractivity contribution >= 4 is 18.3 Å². The van der Waals surface area contributed by atoms with E-state index in [9.17, 15) is 18.0 Å². The number of carbonyl (C=O) groups excluding carboxylic acids is 1. The normalized spacial score (nSPS) is 18.9. The van der Waals surface area contributed by atoms with Crippen LogP contribution in [0.4, 0.5) is 13.2 Å². The first-order valence-corrected chi connectivity index (χ1v) is 7.06. The summed E-state index contributed by atoms with van der Waals surface area (Å²) < 4.78 is 36.2. The number of hydrogen-bond acceptors (Lipinski definition) is 3. The predicted octanol–water partition coefficient (Wildman–Crippen LogP) is 1.80. The van der Waals surface area contributed by atoms with Crippen molar-refractivity contribution in [1.82, 2.24) is 15.5 Å². The third kappa shape index (κ3) is 7.87. The molecule has 1 unspecified atom stereocenters. The molecule has 0 bridgehead atoms. The lowest BCUT2D eigenvalue weighted by molar-refractivity contribution is -0.141. The second kappa shape index (κ2) is 9.48. The molecule has 1 aliphatic heterocycles. The number of nitrogens with one attached hydrogen (secondary N) is 2. The molecule has 0 aromatic heterocycles. The quantitative estimate of drug-likeness (QED) is 0.780. The number of carbonyl (C=O) groups is 1. The van der Waals surface area contributed by atoms with E-state index >= 15 is 0 Å². The van der Waals surface area contributed by atoms with Crippen LogP contribution in [-0.2, 0) is 4.79 Å². The number of halogens is 4. The van der Waals surface area contributed by atoms with Crippen LogP contribution < -0.4 is 10.6 Å². The van der Waals surface area contributed by atoms with Gasteiger partial charge in [-0.25, -0.2) is 0 Å². The smallest absolute Gasteiger partial charge is 0.346 e. The molecule has 21 heavy (non-hydrogen) atoms. The Morgan fingerprint density at radius 1 is 1.33 bits per heavy atom. The summed E-state index contributed by atoms with van der Waals surface area (Å²) in [5.41, 5.74) is 0. The number of rotatable bonds is 6. The molecule has 8 heteroatoms. The largest absolute Gasteiger partial charge is 0.405 e. The van der Waals surface area contributed by atoms with Crippen LogP contribution in [0.5, 0.6) is 0 Å². The average Bonchev–Trinajstić information content (AvgIpc) is 2.41. The number of piperidine rings is 1. The van der Waals surface area contributed by atoms with Crippen molar-refractivity contribution in [1.29, 1.82) is 0 Å². The first-order valence-electron chi connectivity index (χ1n) is 7.06. The van der Waals surface area contributed by atoms with E-state index in [0.29, 0.717) is 5.92 Å². The highest BCUT2D eigenvalue weighted by atomic mass is 35.5. The second-order valence-corrected chi connectivity index (χ2v) is 5.38. The van der Waals surface area contributed by atoms with Gasteiger partial charge in [0.05, 0.1) is 6.04 Å². The molecule has 0 saturated carbocycles. The molecule has 1 fully saturated rings. The number of alkyl halides is 3. The maximum Gasteiger partial charge on any atom is 0.405 e. The fourth-order valence-electron chi connectivity index (χ4n) is 2.48. The summed E-state index contributed by atoms with van der Waals surface area (Å²) in [5, 5.41) is 5.06. The van der Waals surface area contributed by atoms with Gasteiger partial charge in [0.1, 0.15) is 6.54 Å². The summed E-state index contributed by atoms with van der Waals surface area (Å²) in [6, 6.07) is -0.498. The van der Waals surface area contributed by atoms with Crippen molar-refractivity contribution in [2.24, 2.45) is 5.92 Å². The van der Waals surface area contributed by atoms with E-state index in [4.69, 9.17) is 0 Å². The van der Waals surface area contributed by atoms with Crippen molar-refractivity contribution in [3.8, 4) is 0 Å². The van der Waals surface area contributed by atoms with Crippen molar-refractivity contribution in [3.63, 3.8) is 0 Å². The van der Waals surface area contributed by atoms with Crippen molar-refractivity contribution in [2.75, 3.05) is 33.2 Å². The Morgan fingerprint density at radius 3 is 2.38 bits per heavy atom. The molecule has 1 heterocycles. The Kier molecular flexibility index (Phi) is 9.24. The van der Waals surface area contributed by atoms with Gasteiger partial charge in [0.2, 0.25) is 5.91 Å². The molecule has 2 N–H and O–H groups in total. The summed E-state index contributed by atoms with van der Waals surface area (Å²) >= 11 is 0. The maximum atomic E-state index is 12.1. The van der Waals surface area contributed by atoms with E-state index in [1.807, 2.05) is 17.3 Å². The fourth-order valence-corrected chi connectivity index (χ4v) is 2.48. The first-order chi connectivity index (χ1) is 9.33. The van der Waals surface area contributed by atoms with Gasteiger partial charge in [0.15, 0.2) is 0 Å². The lowest BCUT2D eigenvalue weighted by Crippen LogP contribution is -2.49. The van der Waals surface area contributed by atoms with Gasteiger partial charge >= 0.3 is 6.18 Å². The highest BCUT2D eigenvalue weighted by Gasteiger charge is 2.31. The van der Waals surface area contributed by atoms with Gasteiger partial charge in [-0.15, -0.1) is 12.4 Å². The molecule has 4 nitrogen and oxygen atoms in total. The molecule has 1 rings (SSSR count). The van der Waals surface area contributed by atoms with Crippen LogP contribution in [0.25, 0.3) is 0 Å². The van der Waals surface area contributed by atoms with Crippen molar-refractivity contribution < 1.29 is 18.0 Å². The standard InChI is InChI=1S/C13H24F3N3O.ClH/c1-10(12(20)18-9-13(14,15)16)19-7-4-11(5-8-19)3-6-17-2;/h10-11,17H,3-9H2,1-2H3,(H,18,20);1H. The van der Waals surface area contributed by atoms with Crippen molar-refractivity contribution in [2.45, 2.75) is 38.4 Å². The summed E-state index contributed by atoms with van der Waals surface area (Å²) in [7, 11) is 1.92. The van der Waals surface area contributed by atoms with Gasteiger partial charge in [0.25, 0.3) is 0 Å². The molecule has 0 radical (unpaired) electrons. The monoisotopic (exact) mass is 331 g/mol. The zero-order valence-electron chi connectivity index (χ0n) is 12.5. The van der Waals surface area contributed by atoms with Crippen LogP contribution in [-0.4, -0.2) is 56.3 Å². The van der Waals surface area contributed by atoms with Gasteiger partial charge < -0.3 is 10.6 Å². The Balaban J connectivity index is 0.00000400. The fraction of sp³-hybridized carbons (Fsp3) is 0.923. The summed E-state index contributed by atoms with van der Waals surface area (Å²) in [6.07, 6.45) is -1.24. The highest BCUT2D eigenvalue weighted by molar-refractivity contribution is 5.85. The zero-order valence-corrected chi connectivity index (χ0v) is 13.3. The SMILES string of the molecule is CNCCC1CCN(C(C)C(=O)NCC(F)(F)F)CC1.Cl. The van der Waals surface area contributed by atoms with Crippen LogP contribution in [0.1, 0.15) is 26.2 Å². The number of amides is 1. The van der Waals surface area contributed by atoms with Crippen LogP contribution in [0, 0.1) is 5.92 Å². The molecule has 126 valence electrons. The van der Waals surface area contributed by atoms with Gasteiger partial charge in [0, 0.05) is 0 Å². The topological polar surface area (TPSA) is 44.4 Å². The molecule has 0 spiro atoms. The highest BCUT2D eigenvalue weighted by Crippen LogP contribution is 2.21. The first kappa shape index (κ1) is 20.5. The summed E-state index contributed by atoms with van der Waals surface area (Å²) in [4.78, 5) is 13.6. The maximum absolute atomic E-state index is 12.1. The molecular weight excluding hydrogens is 307 g/mol. The van der Waals surface area contributed by atoms with Gasteiger partial charge in [-0.3, -0.25) is 9.69 Å². The molecule has 0 aromatic rings. The minimum atomic E-state index is -4.35. The third-order valence-corrected chi connectivity index (χ3v) is 3.84. The lowest BCUT2D eigenvalue weighted by atomic mass is 9.93. The van der Waals surface area contributed by atoms with E-state index in [-0.39, 0.29) is 12.4 Å². The Hall–Kier alpha value is -0.530. The van der Waals surface area contributed by atoms with Crippen LogP contribution >= 0.6 is 12.4 Å². The molecule has 1 saturated heterocycles.